The molecule has 0 aliphatic heterocycles. The van der Waals surface area contributed by atoms with Crippen molar-refractivity contribution in [2.45, 2.75) is 19.8 Å². The highest BCUT2D eigenvalue weighted by Gasteiger charge is 2.27. The smallest absolute Gasteiger partial charge is 0.374 e. The average molecular weight is 257 g/mol. The zero-order valence-electron chi connectivity index (χ0n) is 9.31. The number of oxazole rings is 1. The lowest BCUT2D eigenvalue weighted by Crippen LogP contribution is -1.99. The van der Waals surface area contributed by atoms with E-state index in [-0.39, 0.29) is 5.89 Å². The summed E-state index contributed by atoms with van der Waals surface area (Å²) in [6.07, 6.45) is -1.14. The van der Waals surface area contributed by atoms with Crippen molar-refractivity contribution in [1.29, 1.82) is 0 Å². The van der Waals surface area contributed by atoms with Crippen LogP contribution in [0.2, 0.25) is 0 Å². The third-order valence-electron chi connectivity index (χ3n) is 2.35. The van der Waals surface area contributed by atoms with E-state index in [4.69, 9.17) is 13.9 Å². The van der Waals surface area contributed by atoms with Crippen LogP contribution in [0.5, 0.6) is 0 Å². The molecular weight excluding hydrogens is 248 g/mol. The highest BCUT2D eigenvalue weighted by Crippen LogP contribution is 2.30. The lowest BCUT2D eigenvalue weighted by atomic mass is 10.2. The fourth-order valence-electron chi connectivity index (χ4n) is 1.55. The van der Waals surface area contributed by atoms with Crippen LogP contribution in [0.3, 0.4) is 0 Å². The summed E-state index contributed by atoms with van der Waals surface area (Å²) in [7, 11) is 0. The number of hydrogen-bond acceptors (Lipinski definition) is 4. The van der Waals surface area contributed by atoms with Gasteiger partial charge in [0, 0.05) is 6.42 Å². The van der Waals surface area contributed by atoms with Gasteiger partial charge in [0.25, 0.3) is 6.43 Å². The molecule has 0 radical (unpaired) electrons. The number of carbonyl (C=O) groups is 1. The molecule has 0 saturated carbocycles. The molecule has 0 unspecified atom stereocenters. The van der Waals surface area contributed by atoms with E-state index in [0.29, 0.717) is 17.7 Å². The highest BCUT2D eigenvalue weighted by molar-refractivity contribution is 5.86. The number of rotatable bonds is 4. The minimum atomic E-state index is -3.01. The Bertz CT molecular complexity index is 573. The predicted molar refractivity (Wildman–Crippen MR) is 55.5 cm³/mol. The Morgan fingerprint density at radius 1 is 1.56 bits per heavy atom. The number of alkyl halides is 2. The molecule has 96 valence electrons. The van der Waals surface area contributed by atoms with Gasteiger partial charge in [-0.1, -0.05) is 6.92 Å². The number of aryl methyl sites for hydroxylation is 1. The van der Waals surface area contributed by atoms with Crippen molar-refractivity contribution in [3.05, 3.63) is 29.5 Å². The second-order valence-corrected chi connectivity index (χ2v) is 3.45. The number of furan rings is 1. The van der Waals surface area contributed by atoms with E-state index in [1.54, 1.807) is 6.92 Å². The van der Waals surface area contributed by atoms with Crippen LogP contribution in [-0.2, 0) is 6.42 Å². The fraction of sp³-hybridized carbons (Fsp3) is 0.273. The second-order valence-electron chi connectivity index (χ2n) is 3.45. The van der Waals surface area contributed by atoms with Gasteiger partial charge in [-0.25, -0.2) is 18.6 Å². The topological polar surface area (TPSA) is 76.5 Å². The molecule has 1 N–H and O–H groups in total. The van der Waals surface area contributed by atoms with E-state index in [0.717, 1.165) is 0 Å². The molecule has 0 aliphatic carbocycles. The Balaban J connectivity index is 2.53. The molecule has 0 amide bonds. The van der Waals surface area contributed by atoms with E-state index in [1.807, 2.05) is 0 Å². The third kappa shape index (κ3) is 1.99. The summed E-state index contributed by atoms with van der Waals surface area (Å²) in [5.74, 6) is -2.10. The SMILES string of the molecule is CCc1occc1-c1nc(C(F)F)c(C(=O)O)o1. The van der Waals surface area contributed by atoms with Crippen molar-refractivity contribution in [3.63, 3.8) is 0 Å². The summed E-state index contributed by atoms with van der Waals surface area (Å²) in [5.41, 5.74) is -0.493. The van der Waals surface area contributed by atoms with Crippen LogP contribution in [0.1, 0.15) is 35.4 Å². The minimum absolute atomic E-state index is 0.173. The summed E-state index contributed by atoms with van der Waals surface area (Å²) < 4.78 is 35.2. The number of carboxylic acid groups (broad SMARTS) is 1. The number of nitrogens with zero attached hydrogens (tertiary/aromatic N) is 1. The maximum absolute atomic E-state index is 12.6. The van der Waals surface area contributed by atoms with Gasteiger partial charge in [-0.2, -0.15) is 0 Å². The Hall–Kier alpha value is -2.18. The Morgan fingerprint density at radius 3 is 2.78 bits per heavy atom. The average Bonchev–Trinajstić information content (AvgIpc) is 2.94. The predicted octanol–water partition coefficient (Wildman–Crippen LogP) is 3.13. The normalized spacial score (nSPS) is 11.1. The summed E-state index contributed by atoms with van der Waals surface area (Å²) in [6, 6.07) is 1.49. The summed E-state index contributed by atoms with van der Waals surface area (Å²) in [6.45, 7) is 1.80. The molecule has 0 aromatic carbocycles. The maximum atomic E-state index is 12.6. The van der Waals surface area contributed by atoms with Gasteiger partial charge in [-0.3, -0.25) is 0 Å². The molecule has 0 spiro atoms. The molecule has 0 fully saturated rings. The Kier molecular flexibility index (Phi) is 3.14. The van der Waals surface area contributed by atoms with E-state index in [9.17, 15) is 13.6 Å². The first-order chi connectivity index (χ1) is 8.54. The third-order valence-corrected chi connectivity index (χ3v) is 2.35. The Labute approximate surface area is 100 Å². The maximum Gasteiger partial charge on any atom is 0.374 e. The molecular formula is C11H9F2NO4. The van der Waals surface area contributed by atoms with Crippen molar-refractivity contribution in [3.8, 4) is 11.5 Å². The van der Waals surface area contributed by atoms with Crippen LogP contribution < -0.4 is 0 Å². The molecule has 0 aliphatic rings. The van der Waals surface area contributed by atoms with Gasteiger partial charge < -0.3 is 13.9 Å². The molecule has 0 bridgehead atoms. The van der Waals surface area contributed by atoms with Gasteiger partial charge in [-0.05, 0) is 6.07 Å². The van der Waals surface area contributed by atoms with Crippen molar-refractivity contribution in [2.24, 2.45) is 0 Å². The molecule has 18 heavy (non-hydrogen) atoms. The lowest BCUT2D eigenvalue weighted by Gasteiger charge is -1.93. The van der Waals surface area contributed by atoms with Crippen molar-refractivity contribution in [2.75, 3.05) is 0 Å². The number of carboxylic acids is 1. The zero-order valence-corrected chi connectivity index (χ0v) is 9.31. The molecule has 7 heteroatoms. The highest BCUT2D eigenvalue weighted by atomic mass is 19.3. The first-order valence-corrected chi connectivity index (χ1v) is 5.13. The van der Waals surface area contributed by atoms with Crippen LogP contribution in [0.15, 0.2) is 21.2 Å². The first-order valence-electron chi connectivity index (χ1n) is 5.13. The molecule has 0 atom stereocenters. The molecule has 2 rings (SSSR count). The quantitative estimate of drug-likeness (QED) is 0.910. The van der Waals surface area contributed by atoms with Crippen LogP contribution in [0.4, 0.5) is 8.78 Å². The van der Waals surface area contributed by atoms with E-state index >= 15 is 0 Å². The molecule has 5 nitrogen and oxygen atoms in total. The summed E-state index contributed by atoms with van der Waals surface area (Å²) in [4.78, 5) is 14.3. The van der Waals surface area contributed by atoms with Crippen LogP contribution >= 0.6 is 0 Å². The molecule has 0 saturated heterocycles. The van der Waals surface area contributed by atoms with Gasteiger partial charge >= 0.3 is 5.97 Å². The van der Waals surface area contributed by atoms with Gasteiger partial charge in [0.05, 0.1) is 11.8 Å². The van der Waals surface area contributed by atoms with E-state index in [1.165, 1.54) is 12.3 Å². The van der Waals surface area contributed by atoms with Crippen molar-refractivity contribution >= 4 is 5.97 Å². The number of aromatic nitrogens is 1. The van der Waals surface area contributed by atoms with Crippen LogP contribution in [-0.4, -0.2) is 16.1 Å². The number of halogens is 2. The standard InChI is InChI=1S/C11H9F2NO4/c1-2-6-5(3-4-17-6)10-14-7(9(12)13)8(18-10)11(15)16/h3-4,9H,2H2,1H3,(H,15,16). The van der Waals surface area contributed by atoms with Crippen LogP contribution in [0, 0.1) is 0 Å². The van der Waals surface area contributed by atoms with Crippen molar-refractivity contribution in [1.82, 2.24) is 4.98 Å². The van der Waals surface area contributed by atoms with Gasteiger partial charge in [0.15, 0.2) is 5.69 Å². The number of hydrogen-bond donors (Lipinski definition) is 1. The zero-order chi connectivity index (χ0) is 13.3. The molecule has 2 aromatic heterocycles. The fourth-order valence-corrected chi connectivity index (χ4v) is 1.55. The summed E-state index contributed by atoms with van der Waals surface area (Å²) in [5, 5.41) is 8.76. The second kappa shape index (κ2) is 4.59. The summed E-state index contributed by atoms with van der Waals surface area (Å²) >= 11 is 0. The molecule has 2 aromatic rings. The van der Waals surface area contributed by atoms with Gasteiger partial charge in [-0.15, -0.1) is 0 Å². The van der Waals surface area contributed by atoms with Crippen LogP contribution in [0.25, 0.3) is 11.5 Å². The van der Waals surface area contributed by atoms with Crippen molar-refractivity contribution < 1.29 is 27.5 Å². The number of aromatic carboxylic acids is 1. The largest absolute Gasteiger partial charge is 0.475 e. The molecule has 2 heterocycles. The van der Waals surface area contributed by atoms with Gasteiger partial charge in [0.1, 0.15) is 5.76 Å². The Morgan fingerprint density at radius 2 is 2.28 bits per heavy atom. The first kappa shape index (κ1) is 12.3. The van der Waals surface area contributed by atoms with E-state index < -0.39 is 23.8 Å². The monoisotopic (exact) mass is 257 g/mol. The van der Waals surface area contributed by atoms with E-state index in [2.05, 4.69) is 4.98 Å². The van der Waals surface area contributed by atoms with Gasteiger partial charge in [0.2, 0.25) is 11.7 Å². The lowest BCUT2D eigenvalue weighted by molar-refractivity contribution is 0.0647. The minimum Gasteiger partial charge on any atom is -0.475 e.